The van der Waals surface area contributed by atoms with Crippen molar-refractivity contribution in [3.05, 3.63) is 0 Å². The first-order valence-corrected chi connectivity index (χ1v) is 8.35. The lowest BCUT2D eigenvalue weighted by Crippen LogP contribution is -2.44. The Labute approximate surface area is 136 Å². The predicted octanol–water partition coefficient (Wildman–Crippen LogP) is 1.44. The van der Waals surface area contributed by atoms with Crippen molar-refractivity contribution < 1.29 is 14.4 Å². The van der Waals surface area contributed by atoms with Gasteiger partial charge >= 0.3 is 6.03 Å². The normalized spacial score (nSPS) is 20.4. The van der Waals surface area contributed by atoms with Crippen molar-refractivity contribution in [3.8, 4) is 6.07 Å². The van der Waals surface area contributed by atoms with Crippen LogP contribution in [0.2, 0.25) is 0 Å². The number of carbonyl (C=O) groups is 3. The van der Waals surface area contributed by atoms with Gasteiger partial charge in [-0.2, -0.15) is 5.26 Å². The average molecular weight is 320 g/mol. The van der Waals surface area contributed by atoms with Crippen molar-refractivity contribution in [3.63, 3.8) is 0 Å². The highest BCUT2D eigenvalue weighted by Gasteiger charge is 2.51. The second-order valence-electron chi connectivity index (χ2n) is 6.32. The summed E-state index contributed by atoms with van der Waals surface area (Å²) in [4.78, 5) is 37.4. The Bertz CT molecular complexity index is 520. The van der Waals surface area contributed by atoms with Gasteiger partial charge in [0.1, 0.15) is 11.6 Å². The summed E-state index contributed by atoms with van der Waals surface area (Å²) in [5, 5.41) is 14.4. The Morgan fingerprint density at radius 2 is 2.13 bits per heavy atom. The number of urea groups is 1. The second-order valence-corrected chi connectivity index (χ2v) is 6.32. The van der Waals surface area contributed by atoms with Gasteiger partial charge in [0.2, 0.25) is 5.91 Å². The molecule has 1 heterocycles. The summed E-state index contributed by atoms with van der Waals surface area (Å²) < 4.78 is 0. The fraction of sp³-hybridized carbons (Fsp3) is 0.750. The Morgan fingerprint density at radius 3 is 2.74 bits per heavy atom. The molecule has 0 bridgehead atoms. The van der Waals surface area contributed by atoms with Crippen molar-refractivity contribution in [1.82, 2.24) is 15.5 Å². The summed E-state index contributed by atoms with van der Waals surface area (Å²) >= 11 is 0. The van der Waals surface area contributed by atoms with E-state index in [4.69, 9.17) is 5.26 Å². The van der Waals surface area contributed by atoms with Crippen LogP contribution in [0, 0.1) is 11.3 Å². The number of rotatable bonds is 7. The van der Waals surface area contributed by atoms with Crippen LogP contribution >= 0.6 is 0 Å². The lowest BCUT2D eigenvalue weighted by atomic mass is 9.98. The molecule has 7 heteroatoms. The third-order valence-corrected chi connectivity index (χ3v) is 4.56. The van der Waals surface area contributed by atoms with E-state index < -0.39 is 11.6 Å². The molecule has 4 amide bonds. The molecular weight excluding hydrogens is 296 g/mol. The maximum Gasteiger partial charge on any atom is 0.325 e. The van der Waals surface area contributed by atoms with Crippen molar-refractivity contribution >= 4 is 17.8 Å². The van der Waals surface area contributed by atoms with Gasteiger partial charge in [0.05, 0.1) is 6.07 Å². The number of hydrogen-bond acceptors (Lipinski definition) is 4. The molecule has 23 heavy (non-hydrogen) atoms. The second kappa shape index (κ2) is 7.44. The number of nitriles is 1. The van der Waals surface area contributed by atoms with Crippen molar-refractivity contribution in [2.45, 2.75) is 69.9 Å². The van der Waals surface area contributed by atoms with Gasteiger partial charge in [-0.05, 0) is 25.7 Å². The van der Waals surface area contributed by atoms with Gasteiger partial charge in [-0.1, -0.05) is 26.2 Å². The lowest BCUT2D eigenvalue weighted by Gasteiger charge is -2.20. The molecule has 1 aliphatic carbocycles. The zero-order valence-electron chi connectivity index (χ0n) is 13.6. The molecule has 7 nitrogen and oxygen atoms in total. The molecule has 0 unspecified atom stereocenters. The first kappa shape index (κ1) is 17.3. The number of imide groups is 1. The molecule has 0 aromatic heterocycles. The van der Waals surface area contributed by atoms with Crippen LogP contribution in [-0.2, 0) is 9.59 Å². The molecule has 2 rings (SSSR count). The maximum absolute atomic E-state index is 12.4. The highest BCUT2D eigenvalue weighted by atomic mass is 16.2. The zero-order chi connectivity index (χ0) is 16.9. The molecule has 2 aliphatic rings. The van der Waals surface area contributed by atoms with Crippen molar-refractivity contribution in [2.75, 3.05) is 6.54 Å². The maximum atomic E-state index is 12.4. The van der Waals surface area contributed by atoms with Gasteiger partial charge in [0.15, 0.2) is 0 Å². The van der Waals surface area contributed by atoms with Gasteiger partial charge in [-0.15, -0.1) is 0 Å². The molecule has 1 aliphatic heterocycles. The summed E-state index contributed by atoms with van der Waals surface area (Å²) in [7, 11) is 0. The predicted molar refractivity (Wildman–Crippen MR) is 83.1 cm³/mol. The Morgan fingerprint density at radius 1 is 1.43 bits per heavy atom. The van der Waals surface area contributed by atoms with Crippen LogP contribution in [-0.4, -0.2) is 40.9 Å². The molecule has 1 atom stereocenters. The quantitative estimate of drug-likeness (QED) is 0.693. The smallest absolute Gasteiger partial charge is 0.325 e. The van der Waals surface area contributed by atoms with E-state index in [-0.39, 0.29) is 30.8 Å². The van der Waals surface area contributed by atoms with Crippen molar-refractivity contribution in [2.24, 2.45) is 0 Å². The van der Waals surface area contributed by atoms with Crippen LogP contribution in [0.1, 0.15) is 58.3 Å². The molecule has 0 aromatic rings. The first-order chi connectivity index (χ1) is 11.0. The fourth-order valence-corrected chi connectivity index (χ4v) is 3.32. The van der Waals surface area contributed by atoms with E-state index in [9.17, 15) is 14.4 Å². The van der Waals surface area contributed by atoms with Crippen LogP contribution in [0.4, 0.5) is 4.79 Å². The van der Waals surface area contributed by atoms with Crippen LogP contribution in [0.3, 0.4) is 0 Å². The minimum Gasteiger partial charge on any atom is -0.340 e. The van der Waals surface area contributed by atoms with Crippen LogP contribution < -0.4 is 10.6 Å². The highest BCUT2D eigenvalue weighted by molar-refractivity contribution is 6.07. The highest BCUT2D eigenvalue weighted by Crippen LogP contribution is 2.35. The molecular formula is C16H24N4O3. The van der Waals surface area contributed by atoms with E-state index >= 15 is 0 Å². The molecule has 126 valence electrons. The summed E-state index contributed by atoms with van der Waals surface area (Å²) in [6, 6.07) is 1.24. The van der Waals surface area contributed by atoms with E-state index in [1.165, 1.54) is 4.90 Å². The molecule has 0 aromatic carbocycles. The minimum absolute atomic E-state index is 0.152. The van der Waals surface area contributed by atoms with Gasteiger partial charge in [0.25, 0.3) is 5.91 Å². The number of carbonyl (C=O) groups excluding carboxylic acids is 3. The Kier molecular flexibility index (Phi) is 5.59. The van der Waals surface area contributed by atoms with E-state index in [1.54, 1.807) is 0 Å². The third kappa shape index (κ3) is 3.81. The van der Waals surface area contributed by atoms with Gasteiger partial charge < -0.3 is 10.6 Å². The van der Waals surface area contributed by atoms with Crippen molar-refractivity contribution in [1.29, 1.82) is 5.26 Å². The summed E-state index contributed by atoms with van der Waals surface area (Å²) in [6.07, 6.45) is 5.37. The van der Waals surface area contributed by atoms with E-state index in [0.29, 0.717) is 25.7 Å². The third-order valence-electron chi connectivity index (χ3n) is 4.56. The standard InChI is InChI=1S/C16H24N4O3/c1-2-6-12(11-17)18-13(21)7-5-10-20-14(22)16(19-15(20)23)8-3-4-9-16/h12H,2-10H2,1H3,(H,18,21)(H,19,23)/t12-/m1/s1. The van der Waals surface area contributed by atoms with Crippen LogP contribution in [0.15, 0.2) is 0 Å². The molecule has 1 saturated carbocycles. The van der Waals surface area contributed by atoms with Gasteiger partial charge in [-0.3, -0.25) is 14.5 Å². The Balaban J connectivity index is 1.78. The van der Waals surface area contributed by atoms with E-state index in [2.05, 4.69) is 16.7 Å². The number of nitrogens with zero attached hydrogens (tertiary/aromatic N) is 2. The fourth-order valence-electron chi connectivity index (χ4n) is 3.32. The SMILES string of the molecule is CCC[C@H](C#N)NC(=O)CCCN1C(=O)NC2(CCCC2)C1=O. The molecule has 1 saturated heterocycles. The topological polar surface area (TPSA) is 102 Å². The van der Waals surface area contributed by atoms with Gasteiger partial charge in [-0.25, -0.2) is 4.79 Å². The zero-order valence-corrected chi connectivity index (χ0v) is 13.6. The summed E-state index contributed by atoms with van der Waals surface area (Å²) in [5.41, 5.74) is -0.688. The van der Waals surface area contributed by atoms with E-state index in [1.807, 2.05) is 6.92 Å². The monoisotopic (exact) mass is 320 g/mol. The molecule has 0 radical (unpaired) electrons. The first-order valence-electron chi connectivity index (χ1n) is 8.35. The van der Waals surface area contributed by atoms with Gasteiger partial charge in [0, 0.05) is 13.0 Å². The number of amides is 4. The molecule has 2 fully saturated rings. The van der Waals surface area contributed by atoms with Crippen LogP contribution in [0.5, 0.6) is 0 Å². The number of hydrogen-bond donors (Lipinski definition) is 2. The van der Waals surface area contributed by atoms with E-state index in [0.717, 1.165) is 19.3 Å². The minimum atomic E-state index is -0.688. The Hall–Kier alpha value is -2.10. The summed E-state index contributed by atoms with van der Waals surface area (Å²) in [6.45, 7) is 2.19. The average Bonchev–Trinajstić information content (AvgIpc) is 3.07. The lowest BCUT2D eigenvalue weighted by molar-refractivity contribution is -0.131. The van der Waals surface area contributed by atoms with Crippen LogP contribution in [0.25, 0.3) is 0 Å². The molecule has 1 spiro atoms. The molecule has 2 N–H and O–H groups in total. The number of nitrogens with one attached hydrogen (secondary N) is 2. The largest absolute Gasteiger partial charge is 0.340 e. The summed E-state index contributed by atoms with van der Waals surface area (Å²) in [5.74, 6) is -0.367.